The molecule has 114 valence electrons. The molecule has 0 saturated carbocycles. The summed E-state index contributed by atoms with van der Waals surface area (Å²) in [6.07, 6.45) is 2.06. The van der Waals surface area contributed by atoms with Crippen LogP contribution in [0.3, 0.4) is 0 Å². The van der Waals surface area contributed by atoms with E-state index in [0.29, 0.717) is 5.92 Å². The van der Waals surface area contributed by atoms with E-state index < -0.39 is 0 Å². The Morgan fingerprint density at radius 3 is 3.10 bits per heavy atom. The standard InChI is InChI=1S/C17H25N3O/c1-2-20-8-7-13(12-20)10-19-17(21)15-9-14-5-3-4-6-16(14)18-11-15/h3-6,13,15,18H,2,7-12H2,1H3,(H,19,21). The Hall–Kier alpha value is -1.55. The van der Waals surface area contributed by atoms with Crippen molar-refractivity contribution in [3.05, 3.63) is 29.8 Å². The number of benzene rings is 1. The Morgan fingerprint density at radius 2 is 2.29 bits per heavy atom. The number of carbonyl (C=O) groups excluding carboxylic acids is 1. The number of anilines is 1. The average molecular weight is 287 g/mol. The summed E-state index contributed by atoms with van der Waals surface area (Å²) in [7, 11) is 0. The Bertz CT molecular complexity index is 503. The molecular formula is C17H25N3O. The molecular weight excluding hydrogens is 262 g/mol. The van der Waals surface area contributed by atoms with Crippen molar-refractivity contribution in [2.45, 2.75) is 19.8 Å². The van der Waals surface area contributed by atoms with Crippen molar-refractivity contribution in [2.24, 2.45) is 11.8 Å². The van der Waals surface area contributed by atoms with Crippen molar-refractivity contribution in [3.8, 4) is 0 Å². The molecule has 3 rings (SSSR count). The van der Waals surface area contributed by atoms with Gasteiger partial charge < -0.3 is 15.5 Å². The highest BCUT2D eigenvalue weighted by Gasteiger charge is 2.26. The third-order valence-electron chi connectivity index (χ3n) is 4.78. The van der Waals surface area contributed by atoms with Crippen LogP contribution >= 0.6 is 0 Å². The zero-order valence-corrected chi connectivity index (χ0v) is 12.8. The molecule has 2 N–H and O–H groups in total. The third-order valence-corrected chi connectivity index (χ3v) is 4.78. The van der Waals surface area contributed by atoms with Crippen LogP contribution < -0.4 is 10.6 Å². The molecule has 0 bridgehead atoms. The molecule has 0 aliphatic carbocycles. The summed E-state index contributed by atoms with van der Waals surface area (Å²) in [6, 6.07) is 8.27. The Morgan fingerprint density at radius 1 is 1.43 bits per heavy atom. The van der Waals surface area contributed by atoms with Crippen LogP contribution in [0.15, 0.2) is 24.3 Å². The van der Waals surface area contributed by atoms with Gasteiger partial charge in [-0.15, -0.1) is 0 Å². The first-order valence-corrected chi connectivity index (χ1v) is 8.08. The van der Waals surface area contributed by atoms with Crippen molar-refractivity contribution < 1.29 is 4.79 Å². The van der Waals surface area contributed by atoms with Crippen molar-refractivity contribution in [3.63, 3.8) is 0 Å². The minimum Gasteiger partial charge on any atom is -0.384 e. The van der Waals surface area contributed by atoms with Gasteiger partial charge in [-0.2, -0.15) is 0 Å². The van der Waals surface area contributed by atoms with E-state index in [1.54, 1.807) is 0 Å². The van der Waals surface area contributed by atoms with Crippen LogP contribution in [-0.4, -0.2) is 43.5 Å². The summed E-state index contributed by atoms with van der Waals surface area (Å²) in [4.78, 5) is 14.8. The number of hydrogen-bond donors (Lipinski definition) is 2. The van der Waals surface area contributed by atoms with Crippen LogP contribution in [-0.2, 0) is 11.2 Å². The quantitative estimate of drug-likeness (QED) is 0.886. The molecule has 2 unspecified atom stereocenters. The number of amides is 1. The van der Waals surface area contributed by atoms with Gasteiger partial charge in [0.1, 0.15) is 0 Å². The molecule has 4 heteroatoms. The maximum atomic E-state index is 12.4. The van der Waals surface area contributed by atoms with Gasteiger partial charge in [-0.05, 0) is 43.5 Å². The van der Waals surface area contributed by atoms with Crippen LogP contribution in [0, 0.1) is 11.8 Å². The highest BCUT2D eigenvalue weighted by molar-refractivity contribution is 5.80. The smallest absolute Gasteiger partial charge is 0.225 e. The monoisotopic (exact) mass is 287 g/mol. The van der Waals surface area contributed by atoms with Gasteiger partial charge >= 0.3 is 0 Å². The maximum absolute atomic E-state index is 12.4. The highest BCUT2D eigenvalue weighted by atomic mass is 16.1. The van der Waals surface area contributed by atoms with Crippen molar-refractivity contribution in [2.75, 3.05) is 38.0 Å². The SMILES string of the molecule is CCN1CCC(CNC(=O)C2CNc3ccccc3C2)C1. The van der Waals surface area contributed by atoms with E-state index in [1.807, 2.05) is 12.1 Å². The van der Waals surface area contributed by atoms with Gasteiger partial charge in [0, 0.05) is 25.3 Å². The minimum absolute atomic E-state index is 0.0589. The van der Waals surface area contributed by atoms with E-state index in [2.05, 4.69) is 34.6 Å². The van der Waals surface area contributed by atoms with Crippen molar-refractivity contribution in [1.29, 1.82) is 0 Å². The van der Waals surface area contributed by atoms with E-state index in [0.717, 1.165) is 32.6 Å². The summed E-state index contributed by atoms with van der Waals surface area (Å²) in [6.45, 7) is 7.19. The Balaban J connectivity index is 1.48. The van der Waals surface area contributed by atoms with Crippen LogP contribution in [0.25, 0.3) is 0 Å². The second-order valence-corrected chi connectivity index (χ2v) is 6.23. The van der Waals surface area contributed by atoms with Crippen LogP contribution in [0.4, 0.5) is 5.69 Å². The van der Waals surface area contributed by atoms with Gasteiger partial charge in [0.05, 0.1) is 5.92 Å². The highest BCUT2D eigenvalue weighted by Crippen LogP contribution is 2.24. The summed E-state index contributed by atoms with van der Waals surface area (Å²) in [5.74, 6) is 0.883. The van der Waals surface area contributed by atoms with Gasteiger partial charge in [0.15, 0.2) is 0 Å². The molecule has 4 nitrogen and oxygen atoms in total. The van der Waals surface area contributed by atoms with Gasteiger partial charge in [-0.1, -0.05) is 25.1 Å². The molecule has 21 heavy (non-hydrogen) atoms. The summed E-state index contributed by atoms with van der Waals surface area (Å²) in [5.41, 5.74) is 2.43. The number of likely N-dealkylation sites (tertiary alicyclic amines) is 1. The number of fused-ring (bicyclic) bond motifs is 1. The average Bonchev–Trinajstić information content (AvgIpc) is 3.00. The molecule has 2 aliphatic rings. The zero-order chi connectivity index (χ0) is 14.7. The molecule has 1 aromatic carbocycles. The molecule has 2 heterocycles. The Labute approximate surface area is 126 Å². The number of rotatable bonds is 4. The summed E-state index contributed by atoms with van der Waals surface area (Å²) >= 11 is 0. The molecule has 1 amide bonds. The normalized spacial score (nSPS) is 25.2. The third kappa shape index (κ3) is 3.38. The summed E-state index contributed by atoms with van der Waals surface area (Å²) < 4.78 is 0. The van der Waals surface area contributed by atoms with Gasteiger partial charge in [-0.3, -0.25) is 4.79 Å². The topological polar surface area (TPSA) is 44.4 Å². The lowest BCUT2D eigenvalue weighted by Gasteiger charge is -2.25. The molecule has 2 aliphatic heterocycles. The van der Waals surface area contributed by atoms with Crippen LogP contribution in [0.5, 0.6) is 0 Å². The first-order valence-electron chi connectivity index (χ1n) is 8.08. The van der Waals surface area contributed by atoms with Crippen LogP contribution in [0.2, 0.25) is 0 Å². The molecule has 1 fully saturated rings. The first-order chi connectivity index (χ1) is 10.3. The zero-order valence-electron chi connectivity index (χ0n) is 12.8. The number of para-hydroxylation sites is 1. The fourth-order valence-corrected chi connectivity index (χ4v) is 3.38. The second kappa shape index (κ2) is 6.48. The first kappa shape index (κ1) is 14.4. The number of nitrogens with zero attached hydrogens (tertiary/aromatic N) is 1. The van der Waals surface area contributed by atoms with Crippen LogP contribution in [0.1, 0.15) is 18.9 Å². The van der Waals surface area contributed by atoms with Crippen molar-refractivity contribution in [1.82, 2.24) is 10.2 Å². The largest absolute Gasteiger partial charge is 0.384 e. The Kier molecular flexibility index (Phi) is 4.44. The number of hydrogen-bond acceptors (Lipinski definition) is 3. The molecule has 1 saturated heterocycles. The lowest BCUT2D eigenvalue weighted by molar-refractivity contribution is -0.124. The van der Waals surface area contributed by atoms with Gasteiger partial charge in [-0.25, -0.2) is 0 Å². The van der Waals surface area contributed by atoms with Gasteiger partial charge in [0.2, 0.25) is 5.91 Å². The lowest BCUT2D eigenvalue weighted by atomic mass is 9.93. The van der Waals surface area contributed by atoms with E-state index in [4.69, 9.17) is 0 Å². The fraction of sp³-hybridized carbons (Fsp3) is 0.588. The molecule has 1 aromatic rings. The number of carbonyl (C=O) groups is 1. The lowest BCUT2D eigenvalue weighted by Crippen LogP contribution is -2.40. The van der Waals surface area contributed by atoms with E-state index in [-0.39, 0.29) is 11.8 Å². The summed E-state index contributed by atoms with van der Waals surface area (Å²) in [5, 5.41) is 6.53. The van der Waals surface area contributed by atoms with E-state index >= 15 is 0 Å². The molecule has 0 spiro atoms. The predicted molar refractivity (Wildman–Crippen MR) is 85.4 cm³/mol. The fourth-order valence-electron chi connectivity index (χ4n) is 3.38. The van der Waals surface area contributed by atoms with E-state index in [9.17, 15) is 4.79 Å². The van der Waals surface area contributed by atoms with Crippen molar-refractivity contribution >= 4 is 11.6 Å². The van der Waals surface area contributed by atoms with Gasteiger partial charge in [0.25, 0.3) is 0 Å². The van der Waals surface area contributed by atoms with E-state index in [1.165, 1.54) is 24.2 Å². The molecule has 0 aromatic heterocycles. The second-order valence-electron chi connectivity index (χ2n) is 6.23. The number of nitrogens with one attached hydrogen (secondary N) is 2. The predicted octanol–water partition coefficient (Wildman–Crippen LogP) is 1.73. The maximum Gasteiger partial charge on any atom is 0.225 e. The minimum atomic E-state index is 0.0589. The molecule has 0 radical (unpaired) electrons. The molecule has 2 atom stereocenters.